The normalized spacial score (nSPS) is 26.0. The highest BCUT2D eigenvalue weighted by Gasteiger charge is 2.43. The summed E-state index contributed by atoms with van der Waals surface area (Å²) in [5.41, 5.74) is 2.35. The first-order valence-corrected chi connectivity index (χ1v) is 10.4. The third-order valence-corrected chi connectivity index (χ3v) is 6.79. The molecule has 1 aliphatic carbocycles. The number of hydrazone groups is 1. The van der Waals surface area contributed by atoms with Gasteiger partial charge in [-0.2, -0.15) is 5.10 Å². The molecule has 0 amide bonds. The molecule has 25 heavy (non-hydrogen) atoms. The van der Waals surface area contributed by atoms with E-state index in [4.69, 9.17) is 21.4 Å². The Morgan fingerprint density at radius 2 is 2.04 bits per heavy atom. The van der Waals surface area contributed by atoms with Crippen LogP contribution in [-0.2, 0) is 0 Å². The van der Waals surface area contributed by atoms with Crippen molar-refractivity contribution in [2.75, 3.05) is 0 Å². The summed E-state index contributed by atoms with van der Waals surface area (Å²) in [5, 5.41) is 10.2. The van der Waals surface area contributed by atoms with Gasteiger partial charge >= 0.3 is 0 Å². The summed E-state index contributed by atoms with van der Waals surface area (Å²) in [4.78, 5) is 1.26. The second-order valence-electron chi connectivity index (χ2n) is 7.21. The van der Waals surface area contributed by atoms with Gasteiger partial charge in [-0.05, 0) is 42.5 Å². The largest absolute Gasteiger partial charge is 0.468 e. The van der Waals surface area contributed by atoms with Crippen LogP contribution in [0.1, 0.15) is 55.0 Å². The van der Waals surface area contributed by atoms with Crippen LogP contribution in [-0.4, -0.2) is 16.9 Å². The molecule has 130 valence electrons. The van der Waals surface area contributed by atoms with Crippen molar-refractivity contribution in [3.05, 3.63) is 51.2 Å². The topological polar surface area (TPSA) is 24.8 Å². The van der Waals surface area contributed by atoms with E-state index in [1.54, 1.807) is 11.3 Å². The molecule has 3 heterocycles. The van der Waals surface area contributed by atoms with Gasteiger partial charge in [0.25, 0.3) is 0 Å². The number of ether oxygens (including phenoxy) is 1. The number of nitrogens with zero attached hydrogens (tertiary/aromatic N) is 2. The van der Waals surface area contributed by atoms with E-state index >= 15 is 0 Å². The maximum absolute atomic E-state index is 6.47. The van der Waals surface area contributed by atoms with E-state index in [1.807, 2.05) is 12.1 Å². The molecule has 0 saturated heterocycles. The number of hydrogen-bond donors (Lipinski definition) is 0. The molecule has 0 N–H and O–H groups in total. The Morgan fingerprint density at radius 3 is 2.84 bits per heavy atom. The Hall–Kier alpha value is -1.52. The van der Waals surface area contributed by atoms with E-state index in [0.717, 1.165) is 17.2 Å². The minimum atomic E-state index is 0.0523. The Bertz CT molecular complexity index is 798. The van der Waals surface area contributed by atoms with Crippen LogP contribution < -0.4 is 4.74 Å². The highest BCUT2D eigenvalue weighted by Crippen LogP contribution is 2.47. The average Bonchev–Trinajstić information content (AvgIpc) is 3.31. The van der Waals surface area contributed by atoms with Crippen LogP contribution in [0.4, 0.5) is 0 Å². The van der Waals surface area contributed by atoms with Gasteiger partial charge in [-0.25, -0.2) is 5.01 Å². The highest BCUT2D eigenvalue weighted by molar-refractivity contribution is 7.12. The van der Waals surface area contributed by atoms with Crippen LogP contribution in [0.15, 0.2) is 40.8 Å². The van der Waals surface area contributed by atoms with E-state index in [1.165, 1.54) is 48.3 Å². The van der Waals surface area contributed by atoms with Gasteiger partial charge in [0.15, 0.2) is 6.23 Å². The first-order valence-electron chi connectivity index (χ1n) is 9.15. The van der Waals surface area contributed by atoms with E-state index < -0.39 is 0 Å². The highest BCUT2D eigenvalue weighted by atomic mass is 35.5. The Labute approximate surface area is 157 Å². The van der Waals surface area contributed by atoms with Gasteiger partial charge < -0.3 is 4.74 Å². The molecule has 2 atom stereocenters. The lowest BCUT2D eigenvalue weighted by molar-refractivity contribution is -0.0643. The number of benzene rings is 1. The summed E-state index contributed by atoms with van der Waals surface area (Å²) in [6, 6.07) is 10.5. The molecule has 2 unspecified atom stereocenters. The van der Waals surface area contributed by atoms with E-state index in [9.17, 15) is 0 Å². The molecular weight excluding hydrogens is 352 g/mol. The van der Waals surface area contributed by atoms with Crippen molar-refractivity contribution in [2.24, 2.45) is 11.0 Å². The fourth-order valence-corrected chi connectivity index (χ4v) is 5.31. The second-order valence-corrected chi connectivity index (χ2v) is 8.60. The quantitative estimate of drug-likeness (QED) is 0.660. The fourth-order valence-electron chi connectivity index (χ4n) is 4.41. The van der Waals surface area contributed by atoms with Crippen LogP contribution >= 0.6 is 22.9 Å². The van der Waals surface area contributed by atoms with Crippen LogP contribution in [0, 0.1) is 5.92 Å². The summed E-state index contributed by atoms with van der Waals surface area (Å²) in [6.45, 7) is 0. The second kappa shape index (κ2) is 6.33. The molecule has 3 nitrogen and oxygen atoms in total. The minimum absolute atomic E-state index is 0.0523. The number of fused-ring (bicyclic) bond motifs is 3. The summed E-state index contributed by atoms with van der Waals surface area (Å²) >= 11 is 8.04. The molecule has 5 heteroatoms. The van der Waals surface area contributed by atoms with Crippen LogP contribution in [0.25, 0.3) is 0 Å². The molecule has 2 aliphatic heterocycles. The van der Waals surface area contributed by atoms with Gasteiger partial charge in [0, 0.05) is 22.9 Å². The van der Waals surface area contributed by atoms with Crippen molar-refractivity contribution in [3.8, 4) is 5.75 Å². The molecule has 1 aromatic heterocycles. The first kappa shape index (κ1) is 15.7. The van der Waals surface area contributed by atoms with Crippen LogP contribution in [0.5, 0.6) is 5.75 Å². The average molecular weight is 373 g/mol. The standard InChI is InChI=1S/C20H21ClN2OS/c21-14-8-9-18-15(11-14)17-12-16(19-7-4-10-25-19)22-23(17)20(24-18)13-5-2-1-3-6-13/h4,7-11,13,17,20H,1-3,5-6,12H2. The Kier molecular flexibility index (Phi) is 3.98. The predicted molar refractivity (Wildman–Crippen MR) is 102 cm³/mol. The van der Waals surface area contributed by atoms with Gasteiger partial charge in [0.05, 0.1) is 16.6 Å². The van der Waals surface area contributed by atoms with Gasteiger partial charge in [-0.15, -0.1) is 11.3 Å². The van der Waals surface area contributed by atoms with Gasteiger partial charge in [-0.1, -0.05) is 36.9 Å². The molecule has 3 aliphatic rings. The third-order valence-electron chi connectivity index (χ3n) is 5.64. The smallest absolute Gasteiger partial charge is 0.190 e. The maximum Gasteiger partial charge on any atom is 0.190 e. The Morgan fingerprint density at radius 1 is 1.16 bits per heavy atom. The fraction of sp³-hybridized carbons (Fsp3) is 0.450. The Balaban J connectivity index is 1.55. The van der Waals surface area contributed by atoms with Crippen LogP contribution in [0.3, 0.4) is 0 Å². The van der Waals surface area contributed by atoms with Crippen molar-refractivity contribution in [1.29, 1.82) is 0 Å². The molecule has 1 saturated carbocycles. The SMILES string of the molecule is Clc1ccc2c(c1)C1CC(c3cccs3)=NN1C(C1CCCCC1)O2. The number of halogens is 1. The zero-order valence-corrected chi connectivity index (χ0v) is 15.6. The number of rotatable bonds is 2. The van der Waals surface area contributed by atoms with E-state index in [-0.39, 0.29) is 12.3 Å². The van der Waals surface area contributed by atoms with Crippen molar-refractivity contribution < 1.29 is 4.74 Å². The van der Waals surface area contributed by atoms with E-state index in [0.29, 0.717) is 5.92 Å². The molecule has 1 fully saturated rings. The zero-order valence-electron chi connectivity index (χ0n) is 14.0. The van der Waals surface area contributed by atoms with Crippen molar-refractivity contribution >= 4 is 28.6 Å². The van der Waals surface area contributed by atoms with Crippen molar-refractivity contribution in [1.82, 2.24) is 5.01 Å². The molecule has 1 aromatic carbocycles. The maximum atomic E-state index is 6.47. The van der Waals surface area contributed by atoms with Gasteiger partial charge in [0.2, 0.25) is 0 Å². The predicted octanol–water partition coefficient (Wildman–Crippen LogP) is 5.85. The van der Waals surface area contributed by atoms with Crippen molar-refractivity contribution in [3.63, 3.8) is 0 Å². The number of hydrogen-bond acceptors (Lipinski definition) is 4. The third kappa shape index (κ3) is 2.76. The summed E-state index contributed by atoms with van der Waals surface area (Å²) in [6.07, 6.45) is 7.41. The van der Waals surface area contributed by atoms with Crippen molar-refractivity contribution in [2.45, 2.75) is 50.8 Å². The minimum Gasteiger partial charge on any atom is -0.468 e. The van der Waals surface area contributed by atoms with Gasteiger partial charge in [-0.3, -0.25) is 0 Å². The molecular formula is C20H21ClN2OS. The zero-order chi connectivity index (χ0) is 16.8. The monoisotopic (exact) mass is 372 g/mol. The lowest BCUT2D eigenvalue weighted by Crippen LogP contribution is -2.45. The summed E-state index contributed by atoms with van der Waals surface area (Å²) in [7, 11) is 0. The lowest BCUT2D eigenvalue weighted by atomic mass is 9.86. The molecule has 0 radical (unpaired) electrons. The number of thiophene rings is 1. The molecule has 0 spiro atoms. The molecule has 5 rings (SSSR count). The first-order chi connectivity index (χ1) is 12.3. The van der Waals surface area contributed by atoms with Crippen LogP contribution in [0.2, 0.25) is 5.02 Å². The summed E-state index contributed by atoms with van der Waals surface area (Å²) in [5.74, 6) is 1.55. The molecule has 2 aromatic rings. The van der Waals surface area contributed by atoms with Gasteiger partial charge in [0.1, 0.15) is 5.75 Å². The molecule has 0 bridgehead atoms. The lowest BCUT2D eigenvalue weighted by Gasteiger charge is -2.42. The van der Waals surface area contributed by atoms with E-state index in [2.05, 4.69) is 28.6 Å². The summed E-state index contributed by atoms with van der Waals surface area (Å²) < 4.78 is 6.47.